The Hall–Kier alpha value is -2.08. The number of benzene rings is 1. The fraction of sp³-hybridized carbons (Fsp3) is 0.0833. The predicted molar refractivity (Wildman–Crippen MR) is 71.3 cm³/mol. The Balaban J connectivity index is 2.38. The SMILES string of the molecule is CSc1nn(-c2ccccc2)c2nc[nH]c(=O)c12. The van der Waals surface area contributed by atoms with E-state index in [1.54, 1.807) is 4.68 Å². The molecule has 0 fully saturated rings. The lowest BCUT2D eigenvalue weighted by molar-refractivity contribution is 0.852. The van der Waals surface area contributed by atoms with Crippen LogP contribution in [0.5, 0.6) is 0 Å². The quantitative estimate of drug-likeness (QED) is 0.712. The Morgan fingerprint density at radius 2 is 2.06 bits per heavy atom. The van der Waals surface area contributed by atoms with Gasteiger partial charge >= 0.3 is 0 Å². The predicted octanol–water partition coefficient (Wildman–Crippen LogP) is 1.83. The molecule has 0 bridgehead atoms. The number of aromatic nitrogens is 4. The number of hydrogen-bond acceptors (Lipinski definition) is 4. The molecule has 90 valence electrons. The largest absolute Gasteiger partial charge is 0.312 e. The molecule has 0 spiro atoms. The van der Waals surface area contributed by atoms with Gasteiger partial charge in [0.15, 0.2) is 5.65 Å². The second kappa shape index (κ2) is 4.30. The van der Waals surface area contributed by atoms with Crippen molar-refractivity contribution >= 4 is 22.8 Å². The van der Waals surface area contributed by atoms with Crippen LogP contribution in [0, 0.1) is 0 Å². The number of aromatic amines is 1. The van der Waals surface area contributed by atoms with Gasteiger partial charge in [0.1, 0.15) is 10.4 Å². The molecule has 1 aromatic carbocycles. The summed E-state index contributed by atoms with van der Waals surface area (Å²) >= 11 is 1.44. The third kappa shape index (κ3) is 1.62. The monoisotopic (exact) mass is 258 g/mol. The Morgan fingerprint density at radius 3 is 2.78 bits per heavy atom. The Morgan fingerprint density at radius 1 is 1.28 bits per heavy atom. The second-order valence-corrected chi connectivity index (χ2v) is 4.48. The molecule has 0 saturated carbocycles. The second-order valence-electron chi connectivity index (χ2n) is 3.69. The number of nitrogens with zero attached hydrogens (tertiary/aromatic N) is 3. The first-order valence-electron chi connectivity index (χ1n) is 5.37. The zero-order valence-corrected chi connectivity index (χ0v) is 10.4. The van der Waals surface area contributed by atoms with Crippen molar-refractivity contribution in [2.24, 2.45) is 0 Å². The van der Waals surface area contributed by atoms with Crippen molar-refractivity contribution in [2.75, 3.05) is 6.26 Å². The van der Waals surface area contributed by atoms with E-state index in [2.05, 4.69) is 15.1 Å². The smallest absolute Gasteiger partial charge is 0.263 e. The fourth-order valence-electron chi connectivity index (χ4n) is 1.82. The van der Waals surface area contributed by atoms with Crippen molar-refractivity contribution in [1.82, 2.24) is 19.7 Å². The van der Waals surface area contributed by atoms with E-state index in [1.807, 2.05) is 36.6 Å². The molecule has 0 amide bonds. The highest BCUT2D eigenvalue weighted by Gasteiger charge is 2.14. The molecule has 6 heteroatoms. The van der Waals surface area contributed by atoms with Crippen molar-refractivity contribution < 1.29 is 0 Å². The van der Waals surface area contributed by atoms with Crippen LogP contribution in [0.15, 0.2) is 46.5 Å². The van der Waals surface area contributed by atoms with Crippen molar-refractivity contribution in [1.29, 1.82) is 0 Å². The van der Waals surface area contributed by atoms with E-state index in [0.717, 1.165) is 5.69 Å². The lowest BCUT2D eigenvalue weighted by Gasteiger charge is -2.00. The van der Waals surface area contributed by atoms with Gasteiger partial charge in [-0.3, -0.25) is 4.79 Å². The van der Waals surface area contributed by atoms with Gasteiger partial charge in [-0.25, -0.2) is 9.67 Å². The fourth-order valence-corrected chi connectivity index (χ4v) is 2.38. The topological polar surface area (TPSA) is 63.6 Å². The Labute approximate surface area is 107 Å². The zero-order valence-electron chi connectivity index (χ0n) is 9.62. The van der Waals surface area contributed by atoms with Crippen molar-refractivity contribution in [2.45, 2.75) is 5.03 Å². The summed E-state index contributed by atoms with van der Waals surface area (Å²) in [6, 6.07) is 9.65. The van der Waals surface area contributed by atoms with Crippen molar-refractivity contribution in [3.63, 3.8) is 0 Å². The summed E-state index contributed by atoms with van der Waals surface area (Å²) in [5, 5.41) is 5.66. The van der Waals surface area contributed by atoms with Crippen LogP contribution < -0.4 is 5.56 Å². The maximum absolute atomic E-state index is 11.8. The molecule has 18 heavy (non-hydrogen) atoms. The number of rotatable bonds is 2. The van der Waals surface area contributed by atoms with Gasteiger partial charge in [0.2, 0.25) is 0 Å². The summed E-state index contributed by atoms with van der Waals surface area (Å²) in [5.41, 5.74) is 1.31. The van der Waals surface area contributed by atoms with Gasteiger partial charge in [-0.1, -0.05) is 18.2 Å². The van der Waals surface area contributed by atoms with E-state index in [1.165, 1.54) is 18.1 Å². The number of hydrogen-bond donors (Lipinski definition) is 1. The molecule has 1 N–H and O–H groups in total. The average Bonchev–Trinajstić information content (AvgIpc) is 2.80. The van der Waals surface area contributed by atoms with Crippen LogP contribution >= 0.6 is 11.8 Å². The minimum atomic E-state index is -0.161. The molecule has 0 saturated heterocycles. The normalized spacial score (nSPS) is 10.9. The van der Waals surface area contributed by atoms with E-state index in [-0.39, 0.29) is 5.56 Å². The maximum atomic E-state index is 11.8. The van der Waals surface area contributed by atoms with E-state index in [4.69, 9.17) is 0 Å². The molecule has 3 rings (SSSR count). The molecule has 0 atom stereocenters. The summed E-state index contributed by atoms with van der Waals surface area (Å²) < 4.78 is 1.69. The van der Waals surface area contributed by atoms with Gasteiger partial charge < -0.3 is 4.98 Å². The Kier molecular flexibility index (Phi) is 2.64. The van der Waals surface area contributed by atoms with Crippen molar-refractivity contribution in [3.05, 3.63) is 47.0 Å². The van der Waals surface area contributed by atoms with Crippen LogP contribution in [0.4, 0.5) is 0 Å². The van der Waals surface area contributed by atoms with Crippen LogP contribution in [0.2, 0.25) is 0 Å². The standard InChI is InChI=1S/C12H10N4OS/c1-18-12-9-10(13-7-14-11(9)17)16(15-12)8-5-3-2-4-6-8/h2-7H,1H3,(H,13,14,17). The van der Waals surface area contributed by atoms with E-state index >= 15 is 0 Å². The zero-order chi connectivity index (χ0) is 12.5. The molecule has 0 aliphatic heterocycles. The van der Waals surface area contributed by atoms with E-state index < -0.39 is 0 Å². The number of para-hydroxylation sites is 1. The molecule has 0 unspecified atom stereocenters. The molecular formula is C12H10N4OS. The van der Waals surface area contributed by atoms with Crippen molar-refractivity contribution in [3.8, 4) is 5.69 Å². The number of fused-ring (bicyclic) bond motifs is 1. The first-order chi connectivity index (χ1) is 8.81. The maximum Gasteiger partial charge on any atom is 0.263 e. The van der Waals surface area contributed by atoms with Gasteiger partial charge in [-0.15, -0.1) is 11.8 Å². The lowest BCUT2D eigenvalue weighted by atomic mass is 10.3. The van der Waals surface area contributed by atoms with Gasteiger partial charge in [-0.05, 0) is 18.4 Å². The van der Waals surface area contributed by atoms with E-state index in [0.29, 0.717) is 16.1 Å². The number of thioether (sulfide) groups is 1. The molecule has 0 aliphatic rings. The molecule has 0 aliphatic carbocycles. The van der Waals surface area contributed by atoms with Gasteiger partial charge in [0, 0.05) is 0 Å². The highest BCUT2D eigenvalue weighted by Crippen LogP contribution is 2.23. The molecule has 2 heterocycles. The minimum absolute atomic E-state index is 0.161. The first-order valence-corrected chi connectivity index (χ1v) is 6.59. The van der Waals surface area contributed by atoms with Gasteiger partial charge in [0.05, 0.1) is 12.0 Å². The van der Waals surface area contributed by atoms with E-state index in [9.17, 15) is 4.79 Å². The first kappa shape index (κ1) is 11.0. The summed E-state index contributed by atoms with van der Waals surface area (Å²) in [5.74, 6) is 0. The van der Waals surface area contributed by atoms with Crippen LogP contribution in [0.25, 0.3) is 16.7 Å². The van der Waals surface area contributed by atoms with Crippen LogP contribution in [-0.2, 0) is 0 Å². The molecule has 3 aromatic rings. The number of H-pyrrole nitrogens is 1. The third-order valence-corrected chi connectivity index (χ3v) is 3.31. The van der Waals surface area contributed by atoms with Crippen LogP contribution in [0.3, 0.4) is 0 Å². The minimum Gasteiger partial charge on any atom is -0.312 e. The molecule has 2 aromatic heterocycles. The lowest BCUT2D eigenvalue weighted by Crippen LogP contribution is -2.06. The summed E-state index contributed by atoms with van der Waals surface area (Å²) in [4.78, 5) is 18.6. The average molecular weight is 258 g/mol. The summed E-state index contributed by atoms with van der Waals surface area (Å²) in [6.07, 6.45) is 3.29. The summed E-state index contributed by atoms with van der Waals surface area (Å²) in [6.45, 7) is 0. The van der Waals surface area contributed by atoms with Gasteiger partial charge in [0.25, 0.3) is 5.56 Å². The molecule has 5 nitrogen and oxygen atoms in total. The summed E-state index contributed by atoms with van der Waals surface area (Å²) in [7, 11) is 0. The third-order valence-electron chi connectivity index (χ3n) is 2.63. The van der Waals surface area contributed by atoms with Crippen LogP contribution in [0.1, 0.15) is 0 Å². The number of nitrogens with one attached hydrogen (secondary N) is 1. The van der Waals surface area contributed by atoms with Gasteiger partial charge in [-0.2, -0.15) is 5.10 Å². The molecule has 0 radical (unpaired) electrons. The highest BCUT2D eigenvalue weighted by atomic mass is 32.2. The molecular weight excluding hydrogens is 248 g/mol. The Bertz CT molecular complexity index is 748. The highest BCUT2D eigenvalue weighted by molar-refractivity contribution is 7.98. The van der Waals surface area contributed by atoms with Crippen LogP contribution in [-0.4, -0.2) is 26.0 Å².